The van der Waals surface area contributed by atoms with Gasteiger partial charge in [0.2, 0.25) is 5.91 Å². The van der Waals surface area contributed by atoms with Crippen molar-refractivity contribution < 1.29 is 4.79 Å². The molecule has 30 heavy (non-hydrogen) atoms. The van der Waals surface area contributed by atoms with Gasteiger partial charge in [-0.15, -0.1) is 0 Å². The van der Waals surface area contributed by atoms with Gasteiger partial charge in [-0.3, -0.25) is 19.1 Å². The maximum atomic E-state index is 12.6. The second kappa shape index (κ2) is 7.46. The van der Waals surface area contributed by atoms with Gasteiger partial charge >= 0.3 is 0 Å². The number of benzene rings is 2. The number of aromatic nitrogens is 2. The van der Waals surface area contributed by atoms with Crippen LogP contribution in [0.3, 0.4) is 0 Å². The first kappa shape index (κ1) is 18.6. The molecule has 0 spiro atoms. The third kappa shape index (κ3) is 3.39. The fraction of sp³-hybridized carbons (Fsp3) is 0.250. The lowest BCUT2D eigenvalue weighted by Gasteiger charge is -2.19. The van der Waals surface area contributed by atoms with E-state index >= 15 is 0 Å². The molecular formula is C24H24N4O2. The van der Waals surface area contributed by atoms with E-state index in [-0.39, 0.29) is 11.5 Å². The van der Waals surface area contributed by atoms with Crippen LogP contribution >= 0.6 is 0 Å². The molecule has 0 unspecified atom stereocenters. The second-order valence-corrected chi connectivity index (χ2v) is 7.98. The zero-order valence-corrected chi connectivity index (χ0v) is 17.0. The molecule has 6 heteroatoms. The highest BCUT2D eigenvalue weighted by molar-refractivity contribution is 5.85. The van der Waals surface area contributed by atoms with Crippen molar-refractivity contribution >= 4 is 27.7 Å². The number of carbonyl (C=O) groups is 1. The van der Waals surface area contributed by atoms with Crippen molar-refractivity contribution in [3.05, 3.63) is 76.6 Å². The van der Waals surface area contributed by atoms with Gasteiger partial charge in [-0.2, -0.15) is 0 Å². The average Bonchev–Trinajstić information content (AvgIpc) is 3.10. The SMILES string of the molecule is CN1CCN(Cc2ccc3[nH]c(-n4c(=O)ccc5ccccc54)cc3c2)CCC1=O. The number of H-pyrrole nitrogens is 1. The minimum atomic E-state index is -0.0566. The van der Waals surface area contributed by atoms with Crippen molar-refractivity contribution in [2.75, 3.05) is 26.7 Å². The number of nitrogens with one attached hydrogen (secondary N) is 1. The summed E-state index contributed by atoms with van der Waals surface area (Å²) in [5.74, 6) is 0.981. The molecule has 1 fully saturated rings. The molecule has 0 saturated carbocycles. The number of nitrogens with zero attached hydrogens (tertiary/aromatic N) is 3. The number of pyridine rings is 1. The van der Waals surface area contributed by atoms with Gasteiger partial charge in [-0.25, -0.2) is 0 Å². The Morgan fingerprint density at radius 2 is 1.77 bits per heavy atom. The van der Waals surface area contributed by atoms with Crippen LogP contribution < -0.4 is 5.56 Å². The molecule has 0 aliphatic carbocycles. The van der Waals surface area contributed by atoms with E-state index in [9.17, 15) is 9.59 Å². The molecule has 1 aliphatic heterocycles. The van der Waals surface area contributed by atoms with Crippen LogP contribution in [0.15, 0.2) is 65.5 Å². The molecular weight excluding hydrogens is 376 g/mol. The third-order valence-electron chi connectivity index (χ3n) is 5.94. The van der Waals surface area contributed by atoms with Crippen molar-refractivity contribution in [2.45, 2.75) is 13.0 Å². The van der Waals surface area contributed by atoms with Crippen LogP contribution in [0.2, 0.25) is 0 Å². The summed E-state index contributed by atoms with van der Waals surface area (Å²) in [6.45, 7) is 3.24. The first-order valence-corrected chi connectivity index (χ1v) is 10.3. The van der Waals surface area contributed by atoms with Crippen molar-refractivity contribution in [1.29, 1.82) is 0 Å². The first-order chi connectivity index (χ1) is 14.6. The topological polar surface area (TPSA) is 61.3 Å². The number of rotatable bonds is 3. The molecule has 4 aromatic rings. The Morgan fingerprint density at radius 1 is 0.900 bits per heavy atom. The number of aromatic amines is 1. The summed E-state index contributed by atoms with van der Waals surface area (Å²) in [4.78, 5) is 32.1. The Bertz CT molecular complexity index is 1300. The molecule has 0 atom stereocenters. The van der Waals surface area contributed by atoms with E-state index in [0.29, 0.717) is 6.42 Å². The van der Waals surface area contributed by atoms with Crippen LogP contribution in [0, 0.1) is 0 Å². The fourth-order valence-corrected chi connectivity index (χ4v) is 4.21. The molecule has 2 aromatic carbocycles. The van der Waals surface area contributed by atoms with Crippen LogP contribution in [-0.4, -0.2) is 51.9 Å². The summed E-state index contributed by atoms with van der Waals surface area (Å²) >= 11 is 0. The van der Waals surface area contributed by atoms with Crippen molar-refractivity contribution in [3.8, 4) is 5.82 Å². The normalized spacial score (nSPS) is 15.8. The molecule has 6 nitrogen and oxygen atoms in total. The van der Waals surface area contributed by atoms with Gasteiger partial charge in [0.15, 0.2) is 0 Å². The van der Waals surface area contributed by atoms with E-state index < -0.39 is 0 Å². The van der Waals surface area contributed by atoms with Crippen LogP contribution in [0.25, 0.3) is 27.6 Å². The van der Waals surface area contributed by atoms with Crippen LogP contribution in [0.5, 0.6) is 0 Å². The number of carbonyl (C=O) groups excluding carboxylic acids is 1. The summed E-state index contributed by atoms with van der Waals surface area (Å²) in [6.07, 6.45) is 0.567. The van der Waals surface area contributed by atoms with E-state index in [2.05, 4.69) is 28.1 Å². The molecule has 0 bridgehead atoms. The summed E-state index contributed by atoms with van der Waals surface area (Å²) < 4.78 is 1.73. The Labute approximate surface area is 174 Å². The molecule has 1 aliphatic rings. The number of hydrogen-bond acceptors (Lipinski definition) is 3. The quantitative estimate of drug-likeness (QED) is 0.575. The first-order valence-electron chi connectivity index (χ1n) is 10.3. The number of hydrogen-bond donors (Lipinski definition) is 1. The highest BCUT2D eigenvalue weighted by Gasteiger charge is 2.18. The molecule has 152 valence electrons. The zero-order valence-electron chi connectivity index (χ0n) is 17.0. The Morgan fingerprint density at radius 3 is 2.67 bits per heavy atom. The van der Waals surface area contributed by atoms with Crippen molar-refractivity contribution in [1.82, 2.24) is 19.4 Å². The zero-order chi connectivity index (χ0) is 20.7. The van der Waals surface area contributed by atoms with Crippen LogP contribution in [0.4, 0.5) is 0 Å². The van der Waals surface area contributed by atoms with E-state index in [4.69, 9.17) is 0 Å². The van der Waals surface area contributed by atoms with Gasteiger partial charge in [0.1, 0.15) is 5.82 Å². The highest BCUT2D eigenvalue weighted by Crippen LogP contribution is 2.23. The van der Waals surface area contributed by atoms with E-state index in [1.54, 1.807) is 10.6 Å². The van der Waals surface area contributed by atoms with Crippen molar-refractivity contribution in [2.24, 2.45) is 0 Å². The fourth-order valence-electron chi connectivity index (χ4n) is 4.21. The lowest BCUT2D eigenvalue weighted by atomic mass is 10.1. The summed E-state index contributed by atoms with van der Waals surface area (Å²) in [5.41, 5.74) is 3.03. The van der Waals surface area contributed by atoms with Gasteiger partial charge in [-0.05, 0) is 41.3 Å². The van der Waals surface area contributed by atoms with Gasteiger partial charge in [-0.1, -0.05) is 24.3 Å². The maximum Gasteiger partial charge on any atom is 0.256 e. The summed E-state index contributed by atoms with van der Waals surface area (Å²) in [7, 11) is 1.87. The van der Waals surface area contributed by atoms with Crippen LogP contribution in [-0.2, 0) is 11.3 Å². The summed E-state index contributed by atoms with van der Waals surface area (Å²) in [5, 5.41) is 2.10. The van der Waals surface area contributed by atoms with Gasteiger partial charge < -0.3 is 9.88 Å². The molecule has 1 amide bonds. The lowest BCUT2D eigenvalue weighted by molar-refractivity contribution is -0.129. The predicted molar refractivity (Wildman–Crippen MR) is 119 cm³/mol. The molecule has 2 aromatic heterocycles. The Hall–Kier alpha value is -3.38. The largest absolute Gasteiger partial charge is 0.344 e. The van der Waals surface area contributed by atoms with Gasteiger partial charge in [0, 0.05) is 56.6 Å². The molecule has 1 N–H and O–H groups in total. The van der Waals surface area contributed by atoms with Gasteiger partial charge in [0.25, 0.3) is 5.56 Å². The third-order valence-corrected chi connectivity index (χ3v) is 5.94. The van der Waals surface area contributed by atoms with E-state index in [0.717, 1.165) is 53.8 Å². The van der Waals surface area contributed by atoms with E-state index in [1.807, 2.05) is 48.3 Å². The number of para-hydroxylation sites is 1. The lowest BCUT2D eigenvalue weighted by Crippen LogP contribution is -2.29. The number of amides is 1. The average molecular weight is 400 g/mol. The minimum absolute atomic E-state index is 0.0566. The van der Waals surface area contributed by atoms with Crippen LogP contribution in [0.1, 0.15) is 12.0 Å². The molecule has 1 saturated heterocycles. The maximum absolute atomic E-state index is 12.6. The molecule has 5 rings (SSSR count). The highest BCUT2D eigenvalue weighted by atomic mass is 16.2. The minimum Gasteiger partial charge on any atom is -0.344 e. The Kier molecular flexibility index (Phi) is 4.64. The molecule has 3 heterocycles. The Balaban J connectivity index is 1.48. The predicted octanol–water partition coefficient (Wildman–Crippen LogP) is 3.14. The standard InChI is InChI=1S/C24H24N4O2/c1-26-12-13-27(11-10-23(26)29)16-17-6-8-20-19(14-17)15-22(25-20)28-21-5-3-2-4-18(21)7-9-24(28)30/h2-9,14-15,25H,10-13,16H2,1H3. The second-order valence-electron chi connectivity index (χ2n) is 7.98. The summed E-state index contributed by atoms with van der Waals surface area (Å²) in [6, 6.07) is 19.7. The monoisotopic (exact) mass is 400 g/mol. The smallest absolute Gasteiger partial charge is 0.256 e. The number of likely N-dealkylation sites (N-methyl/N-ethyl adjacent to an activating group) is 1. The molecule has 0 radical (unpaired) electrons. The van der Waals surface area contributed by atoms with Crippen molar-refractivity contribution in [3.63, 3.8) is 0 Å². The van der Waals surface area contributed by atoms with E-state index in [1.165, 1.54) is 5.56 Å². The number of fused-ring (bicyclic) bond motifs is 2. The van der Waals surface area contributed by atoms with Gasteiger partial charge in [0.05, 0.1) is 5.52 Å².